The fourth-order valence-corrected chi connectivity index (χ4v) is 11.9. The molecule has 0 spiro atoms. The van der Waals surface area contributed by atoms with Gasteiger partial charge >= 0.3 is 0 Å². The molecule has 2 rings (SSSR count). The third kappa shape index (κ3) is 41.9. The van der Waals surface area contributed by atoms with E-state index in [1.165, 1.54) is 231 Å². The molecule has 2 saturated heterocycles. The van der Waals surface area contributed by atoms with E-state index < -0.39 is 86.8 Å². The van der Waals surface area contributed by atoms with Crippen LogP contribution >= 0.6 is 0 Å². The van der Waals surface area contributed by atoms with E-state index in [4.69, 9.17) is 18.9 Å². The van der Waals surface area contributed by atoms with Gasteiger partial charge in [0.15, 0.2) is 12.6 Å². The average Bonchev–Trinajstić information content (AvgIpc) is 2.33. The second-order valence-corrected chi connectivity index (χ2v) is 25.7. The zero-order chi connectivity index (χ0) is 63.1. The van der Waals surface area contributed by atoms with Crippen molar-refractivity contribution in [2.45, 2.75) is 389 Å². The number of rotatable bonds is 60. The molecule has 0 aromatic heterocycles. The van der Waals surface area contributed by atoms with Gasteiger partial charge in [-0.3, -0.25) is 4.79 Å². The summed E-state index contributed by atoms with van der Waals surface area (Å²) in [6.45, 7) is 2.82. The molecule has 12 atom stereocenters. The molecule has 9 N–H and O–H groups in total. The Labute approximate surface area is 531 Å². The van der Waals surface area contributed by atoms with E-state index >= 15 is 0 Å². The quantitative estimate of drug-likeness (QED) is 0.0204. The van der Waals surface area contributed by atoms with Crippen LogP contribution in [0.15, 0.2) is 48.6 Å². The summed E-state index contributed by atoms with van der Waals surface area (Å²) >= 11 is 0. The van der Waals surface area contributed by atoms with Gasteiger partial charge in [-0.25, -0.2) is 0 Å². The lowest BCUT2D eigenvalue weighted by molar-refractivity contribution is -0.359. The van der Waals surface area contributed by atoms with Crippen LogP contribution in [0.3, 0.4) is 0 Å². The Bertz CT molecular complexity index is 1640. The van der Waals surface area contributed by atoms with Crippen LogP contribution < -0.4 is 5.32 Å². The fourth-order valence-electron chi connectivity index (χ4n) is 11.9. The predicted molar refractivity (Wildman–Crippen MR) is 355 cm³/mol. The molecule has 0 radical (unpaired) electrons. The summed E-state index contributed by atoms with van der Waals surface area (Å²) in [4.78, 5) is 13.3. The molecule has 0 aromatic carbocycles. The largest absolute Gasteiger partial charge is 0.394 e. The van der Waals surface area contributed by atoms with Crippen LogP contribution in [0, 0.1) is 0 Å². The standard InChI is InChI=1S/C73H135NO13/c1-3-5-7-9-11-13-15-17-19-21-23-25-27-28-29-30-31-32-33-35-36-38-40-42-44-46-48-50-52-54-56-62(77)61(60-84-72-70(83)68(81)71(64(59-76)86-72)87-73-69(82)67(80)66(79)63(58-75)85-73)74-65(78)57-55-53-51-49-47-45-43-41-39-37-34-26-24-22-20-18-16-14-12-10-8-6-4-2/h16,18,22,24,34,37,54,56,61-64,66-73,75-77,79-83H,3-15,17,19-21,23,25-33,35-36,38-53,55,57-60H2,1-2H3,(H,74,78)/b18-16-,24-22-,37-34-,56-54+. The van der Waals surface area contributed by atoms with E-state index in [0.717, 1.165) is 57.8 Å². The third-order valence-corrected chi connectivity index (χ3v) is 17.8. The first-order valence-electron chi connectivity index (χ1n) is 36.4. The Morgan fingerprint density at radius 2 is 0.759 bits per heavy atom. The van der Waals surface area contributed by atoms with Crippen LogP contribution in [0.1, 0.15) is 316 Å². The van der Waals surface area contributed by atoms with Gasteiger partial charge in [0.25, 0.3) is 0 Å². The highest BCUT2D eigenvalue weighted by atomic mass is 16.7. The van der Waals surface area contributed by atoms with Crippen molar-refractivity contribution < 1.29 is 64.6 Å². The first-order valence-corrected chi connectivity index (χ1v) is 36.4. The topological polar surface area (TPSA) is 228 Å². The first-order chi connectivity index (χ1) is 42.6. The van der Waals surface area contributed by atoms with Crippen molar-refractivity contribution >= 4 is 5.91 Å². The summed E-state index contributed by atoms with van der Waals surface area (Å²) in [5.41, 5.74) is 0. The second-order valence-electron chi connectivity index (χ2n) is 25.7. The fraction of sp³-hybridized carbons (Fsp3) is 0.877. The molecule has 14 nitrogen and oxygen atoms in total. The molecule has 0 aliphatic carbocycles. The Kier molecular flexibility index (Phi) is 53.9. The van der Waals surface area contributed by atoms with Crippen LogP contribution in [-0.4, -0.2) is 140 Å². The lowest BCUT2D eigenvalue weighted by Crippen LogP contribution is -2.65. The molecule has 2 heterocycles. The third-order valence-electron chi connectivity index (χ3n) is 17.8. The molecule has 0 bridgehead atoms. The molecule has 87 heavy (non-hydrogen) atoms. The van der Waals surface area contributed by atoms with Crippen LogP contribution in [0.25, 0.3) is 0 Å². The summed E-state index contributed by atoms with van der Waals surface area (Å²) in [6.07, 6.45) is 58.8. The number of carbonyl (C=O) groups excluding carboxylic acids is 1. The number of unbranched alkanes of at least 4 members (excludes halogenated alkanes) is 41. The average molecular weight is 1230 g/mol. The SMILES string of the molecule is CCCCCCC/C=C\C/C=C\C/C=C\CCCCCCCCCCC(=O)NC(COC1OC(CO)C(OC2OC(CO)C(O)C(O)C2O)C(O)C1O)C(O)/C=C/CCCCCCCCCCCCCCCCCCCCCCCCCCCCCC. The maximum atomic E-state index is 13.3. The van der Waals surface area contributed by atoms with Crippen molar-refractivity contribution in [2.75, 3.05) is 19.8 Å². The molecule has 2 aliphatic heterocycles. The van der Waals surface area contributed by atoms with Gasteiger partial charge in [-0.2, -0.15) is 0 Å². The van der Waals surface area contributed by atoms with E-state index in [1.54, 1.807) is 6.08 Å². The van der Waals surface area contributed by atoms with E-state index in [1.807, 2.05) is 6.08 Å². The predicted octanol–water partition coefficient (Wildman–Crippen LogP) is 15.1. The Morgan fingerprint density at radius 3 is 1.16 bits per heavy atom. The van der Waals surface area contributed by atoms with Crippen molar-refractivity contribution in [3.05, 3.63) is 48.6 Å². The Hall–Kier alpha value is -2.05. The van der Waals surface area contributed by atoms with Gasteiger partial charge in [0.1, 0.15) is 48.8 Å². The molecule has 0 saturated carbocycles. The highest BCUT2D eigenvalue weighted by molar-refractivity contribution is 5.76. The molecule has 1 amide bonds. The molecule has 2 fully saturated rings. The molecular weight excluding hydrogens is 1100 g/mol. The molecule has 2 aliphatic rings. The molecule has 510 valence electrons. The highest BCUT2D eigenvalue weighted by Crippen LogP contribution is 2.30. The number of nitrogens with one attached hydrogen (secondary N) is 1. The van der Waals surface area contributed by atoms with Gasteiger partial charge in [-0.15, -0.1) is 0 Å². The van der Waals surface area contributed by atoms with Crippen molar-refractivity contribution in [3.63, 3.8) is 0 Å². The summed E-state index contributed by atoms with van der Waals surface area (Å²) in [6, 6.07) is -0.922. The maximum Gasteiger partial charge on any atom is 0.220 e. The summed E-state index contributed by atoms with van der Waals surface area (Å²) in [5, 5.41) is 87.5. The van der Waals surface area contributed by atoms with E-state index in [9.17, 15) is 45.6 Å². The van der Waals surface area contributed by atoms with Gasteiger partial charge in [-0.05, 0) is 57.8 Å². The van der Waals surface area contributed by atoms with Gasteiger partial charge in [-0.1, -0.05) is 300 Å². The van der Waals surface area contributed by atoms with Crippen molar-refractivity contribution in [3.8, 4) is 0 Å². The van der Waals surface area contributed by atoms with Crippen LogP contribution in [0.4, 0.5) is 0 Å². The normalized spacial score (nSPS) is 23.5. The minimum atomic E-state index is -1.79. The number of amides is 1. The van der Waals surface area contributed by atoms with E-state index in [0.29, 0.717) is 6.42 Å². The summed E-state index contributed by atoms with van der Waals surface area (Å²) < 4.78 is 22.9. The van der Waals surface area contributed by atoms with Crippen molar-refractivity contribution in [1.29, 1.82) is 0 Å². The number of allylic oxidation sites excluding steroid dienone is 7. The van der Waals surface area contributed by atoms with Crippen LogP contribution in [0.5, 0.6) is 0 Å². The highest BCUT2D eigenvalue weighted by Gasteiger charge is 2.51. The van der Waals surface area contributed by atoms with Gasteiger partial charge < -0.3 is 65.1 Å². The van der Waals surface area contributed by atoms with Crippen molar-refractivity contribution in [1.82, 2.24) is 5.32 Å². The molecular formula is C73H135NO13. The maximum absolute atomic E-state index is 13.3. The van der Waals surface area contributed by atoms with Gasteiger partial charge in [0, 0.05) is 6.42 Å². The Morgan fingerprint density at radius 1 is 0.414 bits per heavy atom. The Balaban J connectivity index is 1.67. The molecule has 14 heteroatoms. The lowest BCUT2D eigenvalue weighted by Gasteiger charge is -2.46. The molecule has 12 unspecified atom stereocenters. The minimum Gasteiger partial charge on any atom is -0.394 e. The number of ether oxygens (including phenoxy) is 4. The van der Waals surface area contributed by atoms with E-state index in [-0.39, 0.29) is 18.9 Å². The molecule has 0 aromatic rings. The smallest absolute Gasteiger partial charge is 0.220 e. The number of hydrogen-bond donors (Lipinski definition) is 9. The second kappa shape index (κ2) is 57.8. The summed E-state index contributed by atoms with van der Waals surface area (Å²) in [7, 11) is 0. The van der Waals surface area contributed by atoms with Crippen molar-refractivity contribution in [2.24, 2.45) is 0 Å². The zero-order valence-electron chi connectivity index (χ0n) is 55.5. The van der Waals surface area contributed by atoms with Crippen LogP contribution in [-0.2, 0) is 23.7 Å². The van der Waals surface area contributed by atoms with E-state index in [2.05, 4.69) is 55.6 Å². The van der Waals surface area contributed by atoms with Gasteiger partial charge in [0.2, 0.25) is 5.91 Å². The summed E-state index contributed by atoms with van der Waals surface area (Å²) in [5.74, 6) is -0.243. The minimum absolute atomic E-state index is 0.243. The number of aliphatic hydroxyl groups is 8. The van der Waals surface area contributed by atoms with Crippen LogP contribution in [0.2, 0.25) is 0 Å². The lowest BCUT2D eigenvalue weighted by atomic mass is 9.97. The zero-order valence-corrected chi connectivity index (χ0v) is 55.5. The first kappa shape index (κ1) is 81.0. The number of aliphatic hydroxyl groups excluding tert-OH is 8. The number of carbonyl (C=O) groups is 1. The monoisotopic (exact) mass is 1230 g/mol. The van der Waals surface area contributed by atoms with Gasteiger partial charge in [0.05, 0.1) is 32.0 Å². The number of hydrogen-bond acceptors (Lipinski definition) is 13.